The number of halogens is 1. The molecule has 1 atom stereocenters. The fourth-order valence-corrected chi connectivity index (χ4v) is 2.93. The van der Waals surface area contributed by atoms with Crippen molar-refractivity contribution in [1.29, 1.82) is 0 Å². The van der Waals surface area contributed by atoms with E-state index in [2.05, 4.69) is 23.5 Å². The fraction of sp³-hybridized carbons (Fsp3) is 0.571. The molecule has 1 aromatic rings. The van der Waals surface area contributed by atoms with Crippen molar-refractivity contribution < 1.29 is 12.8 Å². The van der Waals surface area contributed by atoms with E-state index in [1.54, 1.807) is 0 Å². The molecule has 0 radical (unpaired) electrons. The van der Waals surface area contributed by atoms with Crippen LogP contribution in [0.5, 0.6) is 0 Å². The van der Waals surface area contributed by atoms with Crippen LogP contribution in [0.15, 0.2) is 23.1 Å². The molecule has 120 valence electrons. The Bertz CT molecular complexity index is 563. The molecule has 1 unspecified atom stereocenters. The van der Waals surface area contributed by atoms with Crippen molar-refractivity contribution in [1.82, 2.24) is 9.62 Å². The number of nitrogens with zero attached hydrogens (tertiary/aromatic N) is 1. The Hall–Kier alpha value is -1.02. The molecule has 0 amide bonds. The van der Waals surface area contributed by atoms with Crippen LogP contribution in [0, 0.1) is 5.82 Å². The molecule has 5 nitrogen and oxygen atoms in total. The Morgan fingerprint density at radius 2 is 2.10 bits per heavy atom. The summed E-state index contributed by atoms with van der Waals surface area (Å²) in [6.45, 7) is 5.11. The first-order valence-corrected chi connectivity index (χ1v) is 8.48. The average molecular weight is 317 g/mol. The van der Waals surface area contributed by atoms with Crippen LogP contribution in [0.3, 0.4) is 0 Å². The van der Waals surface area contributed by atoms with Gasteiger partial charge in [-0.15, -0.1) is 0 Å². The molecule has 0 aliphatic rings. The van der Waals surface area contributed by atoms with E-state index < -0.39 is 15.8 Å². The van der Waals surface area contributed by atoms with E-state index in [1.807, 2.05) is 7.05 Å². The molecule has 0 spiro atoms. The highest BCUT2D eigenvalue weighted by molar-refractivity contribution is 7.89. The van der Waals surface area contributed by atoms with Crippen molar-refractivity contribution in [2.45, 2.75) is 37.8 Å². The number of sulfonamides is 1. The van der Waals surface area contributed by atoms with Gasteiger partial charge in [-0.3, -0.25) is 0 Å². The third kappa shape index (κ3) is 5.03. The van der Waals surface area contributed by atoms with Crippen LogP contribution in [-0.4, -0.2) is 39.5 Å². The third-order valence-corrected chi connectivity index (χ3v) is 5.12. The fourth-order valence-electron chi connectivity index (χ4n) is 1.86. The van der Waals surface area contributed by atoms with Gasteiger partial charge in [-0.1, -0.05) is 13.0 Å². The molecule has 3 N–H and O–H groups in total. The Labute approximate surface area is 126 Å². The lowest BCUT2D eigenvalue weighted by Gasteiger charge is -2.23. The van der Waals surface area contributed by atoms with Crippen molar-refractivity contribution in [3.05, 3.63) is 29.6 Å². The maximum atomic E-state index is 13.8. The highest BCUT2D eigenvalue weighted by atomic mass is 32.2. The number of rotatable bonds is 8. The molecule has 1 rings (SSSR count). The molecule has 0 saturated carbocycles. The average Bonchev–Trinajstić information content (AvgIpc) is 2.45. The molecule has 0 bridgehead atoms. The molecule has 0 aromatic heterocycles. The van der Waals surface area contributed by atoms with Crippen molar-refractivity contribution >= 4 is 10.0 Å². The van der Waals surface area contributed by atoms with Crippen LogP contribution >= 0.6 is 0 Å². The highest BCUT2D eigenvalue weighted by Gasteiger charge is 2.19. The predicted molar refractivity (Wildman–Crippen MR) is 81.9 cm³/mol. The van der Waals surface area contributed by atoms with Crippen LogP contribution < -0.4 is 10.5 Å². The molecule has 0 saturated heterocycles. The first kappa shape index (κ1) is 18.0. The van der Waals surface area contributed by atoms with Crippen LogP contribution in [0.4, 0.5) is 4.39 Å². The first-order valence-electron chi connectivity index (χ1n) is 7.00. The van der Waals surface area contributed by atoms with Gasteiger partial charge in [0.2, 0.25) is 10.0 Å². The summed E-state index contributed by atoms with van der Waals surface area (Å²) in [6, 6.07) is 4.29. The topological polar surface area (TPSA) is 75.4 Å². The van der Waals surface area contributed by atoms with Gasteiger partial charge >= 0.3 is 0 Å². The minimum Gasteiger partial charge on any atom is -0.326 e. The van der Waals surface area contributed by atoms with Crippen molar-refractivity contribution in [3.8, 4) is 0 Å². The van der Waals surface area contributed by atoms with Gasteiger partial charge in [0.05, 0.1) is 0 Å². The number of hydrogen-bond acceptors (Lipinski definition) is 4. The second kappa shape index (κ2) is 7.84. The lowest BCUT2D eigenvalue weighted by atomic mass is 10.2. The summed E-state index contributed by atoms with van der Waals surface area (Å²) in [5.74, 6) is -0.777. The van der Waals surface area contributed by atoms with Crippen LogP contribution in [0.1, 0.15) is 25.8 Å². The van der Waals surface area contributed by atoms with Gasteiger partial charge in [-0.05, 0) is 38.1 Å². The molecule has 7 heteroatoms. The van der Waals surface area contributed by atoms with Crippen LogP contribution in [0.25, 0.3) is 0 Å². The molecule has 1 aromatic carbocycles. The Morgan fingerprint density at radius 1 is 1.43 bits per heavy atom. The lowest BCUT2D eigenvalue weighted by Crippen LogP contribution is -2.37. The van der Waals surface area contributed by atoms with Crippen molar-refractivity contribution in [3.63, 3.8) is 0 Å². The van der Waals surface area contributed by atoms with Crippen molar-refractivity contribution in [2.24, 2.45) is 5.73 Å². The normalized spacial score (nSPS) is 13.6. The third-order valence-electron chi connectivity index (χ3n) is 3.62. The van der Waals surface area contributed by atoms with Crippen LogP contribution in [0.2, 0.25) is 0 Å². The molecule has 0 aliphatic carbocycles. The Balaban J connectivity index is 2.70. The molecule has 0 heterocycles. The standard InChI is InChI=1S/C14H24FN3O2S/c1-4-11(2)18(3)8-7-17-21(19,20)14-6-5-12(10-16)9-13(14)15/h5-6,9,11,17H,4,7-8,10,16H2,1-3H3. The zero-order valence-corrected chi connectivity index (χ0v) is 13.6. The number of nitrogens with two attached hydrogens (primary N) is 1. The second-order valence-electron chi connectivity index (χ2n) is 5.10. The number of likely N-dealkylation sites (N-methyl/N-ethyl adjacent to an activating group) is 1. The smallest absolute Gasteiger partial charge is 0.243 e. The molecule has 0 aliphatic heterocycles. The second-order valence-corrected chi connectivity index (χ2v) is 6.84. The van der Waals surface area contributed by atoms with E-state index in [-0.39, 0.29) is 18.0 Å². The van der Waals surface area contributed by atoms with E-state index in [0.717, 1.165) is 12.5 Å². The van der Waals surface area contributed by atoms with E-state index in [9.17, 15) is 12.8 Å². The summed E-state index contributed by atoms with van der Waals surface area (Å²) < 4.78 is 40.4. The minimum atomic E-state index is -3.84. The number of benzene rings is 1. The van der Waals surface area contributed by atoms with E-state index in [4.69, 9.17) is 5.73 Å². The minimum absolute atomic E-state index is 0.171. The van der Waals surface area contributed by atoms with E-state index in [0.29, 0.717) is 18.2 Å². The lowest BCUT2D eigenvalue weighted by molar-refractivity contribution is 0.256. The maximum Gasteiger partial charge on any atom is 0.243 e. The number of nitrogens with one attached hydrogen (secondary N) is 1. The molecule has 21 heavy (non-hydrogen) atoms. The van der Waals surface area contributed by atoms with Gasteiger partial charge in [0.1, 0.15) is 10.7 Å². The predicted octanol–water partition coefficient (Wildman–Crippen LogP) is 1.29. The molecule has 0 fully saturated rings. The van der Waals surface area contributed by atoms with Crippen molar-refractivity contribution in [2.75, 3.05) is 20.1 Å². The Morgan fingerprint density at radius 3 is 2.62 bits per heavy atom. The highest BCUT2D eigenvalue weighted by Crippen LogP contribution is 2.15. The maximum absolute atomic E-state index is 13.8. The largest absolute Gasteiger partial charge is 0.326 e. The van der Waals surface area contributed by atoms with Crippen LogP contribution in [-0.2, 0) is 16.6 Å². The summed E-state index contributed by atoms with van der Waals surface area (Å²) >= 11 is 0. The van der Waals surface area contributed by atoms with Gasteiger partial charge in [-0.2, -0.15) is 0 Å². The monoisotopic (exact) mass is 317 g/mol. The summed E-state index contributed by atoms with van der Waals surface area (Å²) in [5.41, 5.74) is 5.95. The van der Waals surface area contributed by atoms with Gasteiger partial charge in [0.25, 0.3) is 0 Å². The molecular weight excluding hydrogens is 293 g/mol. The summed E-state index contributed by atoms with van der Waals surface area (Å²) in [5, 5.41) is 0. The molecular formula is C14H24FN3O2S. The van der Waals surface area contributed by atoms with Gasteiger partial charge in [-0.25, -0.2) is 17.5 Å². The summed E-state index contributed by atoms with van der Waals surface area (Å²) in [6.07, 6.45) is 0.985. The summed E-state index contributed by atoms with van der Waals surface area (Å²) in [4.78, 5) is 1.71. The van der Waals surface area contributed by atoms with Gasteiger partial charge in [0.15, 0.2) is 0 Å². The number of hydrogen-bond donors (Lipinski definition) is 2. The quantitative estimate of drug-likeness (QED) is 0.758. The first-order chi connectivity index (χ1) is 9.81. The summed E-state index contributed by atoms with van der Waals surface area (Å²) in [7, 11) is -1.91. The zero-order chi connectivity index (χ0) is 16.0. The van der Waals surface area contributed by atoms with Gasteiger partial charge in [0, 0.05) is 25.7 Å². The zero-order valence-electron chi connectivity index (χ0n) is 12.8. The Kier molecular flexibility index (Phi) is 6.73. The van der Waals surface area contributed by atoms with E-state index in [1.165, 1.54) is 12.1 Å². The van der Waals surface area contributed by atoms with E-state index >= 15 is 0 Å². The SMILES string of the molecule is CCC(C)N(C)CCNS(=O)(=O)c1ccc(CN)cc1F. The van der Waals surface area contributed by atoms with Gasteiger partial charge < -0.3 is 10.6 Å².